The first kappa shape index (κ1) is 33.8. The van der Waals surface area contributed by atoms with Crippen LogP contribution >= 0.6 is 11.3 Å². The van der Waals surface area contributed by atoms with Crippen LogP contribution in [0.25, 0.3) is 69.9 Å². The van der Waals surface area contributed by atoms with Gasteiger partial charge in [0.15, 0.2) is 0 Å². The summed E-state index contributed by atoms with van der Waals surface area (Å²) in [4.78, 5) is 1.99. The van der Waals surface area contributed by atoms with Crippen LogP contribution in [0.2, 0.25) is 0 Å². The number of fused-ring (bicyclic) bond motifs is 6. The van der Waals surface area contributed by atoms with Crippen molar-refractivity contribution in [3.8, 4) is 27.9 Å². The highest BCUT2D eigenvalue weighted by atomic mass is 32.1. The van der Waals surface area contributed by atoms with Crippen molar-refractivity contribution in [2.24, 2.45) is 0 Å². The highest BCUT2D eigenvalue weighted by Gasteiger charge is 2.30. The van der Waals surface area contributed by atoms with Crippen LogP contribution in [-0.4, -0.2) is 4.57 Å². The molecule has 0 aliphatic heterocycles. The molecule has 0 spiro atoms. The van der Waals surface area contributed by atoms with E-state index >= 15 is 0 Å². The van der Waals surface area contributed by atoms with Crippen LogP contribution in [0.5, 0.6) is 0 Å². The molecule has 0 N–H and O–H groups in total. The van der Waals surface area contributed by atoms with Gasteiger partial charge in [0.05, 0.1) is 22.3 Å². The average molecular weight is 755 g/mol. The van der Waals surface area contributed by atoms with E-state index in [4.69, 9.17) is 0 Å². The normalized spacial score (nSPS) is 11.9. The van der Waals surface area contributed by atoms with Gasteiger partial charge in [0, 0.05) is 53.6 Å². The van der Waals surface area contributed by atoms with Gasteiger partial charge in [-0.05, 0) is 108 Å². The van der Waals surface area contributed by atoms with Crippen LogP contribution in [-0.2, 0) is 6.18 Å². The maximum atomic E-state index is 14.7. The Bertz CT molecular complexity index is 3090. The van der Waals surface area contributed by atoms with E-state index in [0.717, 1.165) is 73.3 Å². The predicted octanol–water partition coefficient (Wildman–Crippen LogP) is 15.1. The Kier molecular flexibility index (Phi) is 8.01. The van der Waals surface area contributed by atoms with Gasteiger partial charge in [0.2, 0.25) is 0 Å². The molecular weight excluding hydrogens is 725 g/mol. The average Bonchev–Trinajstić information content (AvgIpc) is 3.77. The minimum absolute atomic E-state index is 0.309. The molecule has 2 nitrogen and oxygen atoms in total. The summed E-state index contributed by atoms with van der Waals surface area (Å²) in [7, 11) is 0. The molecule has 0 fully saturated rings. The topological polar surface area (TPSA) is 8.17 Å². The molecule has 0 radical (unpaired) electrons. The summed E-state index contributed by atoms with van der Waals surface area (Å²) >= 11 is 1.76. The fourth-order valence-corrected chi connectivity index (χ4v) is 9.11. The summed E-state index contributed by atoms with van der Waals surface area (Å²) in [5.41, 5.74) is 8.09. The predicted molar refractivity (Wildman–Crippen MR) is 224 cm³/mol. The number of nitrogens with zero attached hydrogens (tertiary/aromatic N) is 2. The third-order valence-corrected chi connectivity index (χ3v) is 11.6. The van der Waals surface area contributed by atoms with Crippen molar-refractivity contribution in [1.82, 2.24) is 4.57 Å². The molecule has 0 bridgehead atoms. The van der Waals surface area contributed by atoms with E-state index in [2.05, 4.69) is 71.3 Å². The summed E-state index contributed by atoms with van der Waals surface area (Å²) in [5.74, 6) is -0.309. The van der Waals surface area contributed by atoms with Gasteiger partial charge in [-0.3, -0.25) is 0 Å². The first-order valence-corrected chi connectivity index (χ1v) is 19.0. The van der Waals surface area contributed by atoms with Gasteiger partial charge in [-0.15, -0.1) is 11.3 Å². The van der Waals surface area contributed by atoms with Gasteiger partial charge in [0.25, 0.3) is 0 Å². The second kappa shape index (κ2) is 13.3. The van der Waals surface area contributed by atoms with Crippen LogP contribution in [0.1, 0.15) is 5.56 Å². The van der Waals surface area contributed by atoms with E-state index in [0.29, 0.717) is 5.69 Å². The fraction of sp³-hybridized carbons (Fsp3) is 0.0204. The Morgan fingerprint density at radius 2 is 1.11 bits per heavy atom. The molecule has 56 heavy (non-hydrogen) atoms. The molecule has 10 rings (SSSR count). The lowest BCUT2D eigenvalue weighted by molar-refractivity contribution is -0.137. The third-order valence-electron chi connectivity index (χ3n) is 10.5. The van der Waals surface area contributed by atoms with E-state index in [1.54, 1.807) is 17.4 Å². The summed E-state index contributed by atoms with van der Waals surface area (Å²) in [6.45, 7) is 0. The number of halogens is 4. The Hall–Kier alpha value is -6.70. The second-order valence-corrected chi connectivity index (χ2v) is 14.9. The molecule has 270 valence electrons. The second-order valence-electron chi connectivity index (χ2n) is 13.8. The summed E-state index contributed by atoms with van der Waals surface area (Å²) in [6, 6.07) is 57.3. The zero-order valence-corrected chi connectivity index (χ0v) is 30.5. The molecule has 2 heterocycles. The molecule has 0 aliphatic carbocycles. The zero-order chi connectivity index (χ0) is 38.0. The number of aromatic nitrogens is 1. The number of thiophene rings is 1. The van der Waals surface area contributed by atoms with E-state index in [9.17, 15) is 17.6 Å². The van der Waals surface area contributed by atoms with Gasteiger partial charge < -0.3 is 9.47 Å². The van der Waals surface area contributed by atoms with Crippen LogP contribution in [0.15, 0.2) is 182 Å². The van der Waals surface area contributed by atoms with Crippen molar-refractivity contribution in [2.75, 3.05) is 4.90 Å². The quantitative estimate of drug-likeness (QED) is 0.154. The highest BCUT2D eigenvalue weighted by Crippen LogP contribution is 2.44. The molecule has 7 heteroatoms. The molecule has 2 aromatic heterocycles. The van der Waals surface area contributed by atoms with Crippen molar-refractivity contribution in [3.63, 3.8) is 0 Å². The summed E-state index contributed by atoms with van der Waals surface area (Å²) in [5, 5.41) is 4.37. The van der Waals surface area contributed by atoms with E-state index in [-0.39, 0.29) is 5.82 Å². The first-order chi connectivity index (χ1) is 27.3. The van der Waals surface area contributed by atoms with Crippen LogP contribution < -0.4 is 4.90 Å². The van der Waals surface area contributed by atoms with Crippen LogP contribution in [0, 0.1) is 5.82 Å². The standard InChI is InChI=1S/C49H30F4N2S/c50-34-23-28-41-40-12-2-5-16-44(40)55(45(41)30-34)43-15-4-1-11-38(43)31-19-24-35(25-20-31)54(36-26-21-33(22-27-36)49(51,52)53)37-10-7-9-32(29-37)39-14-8-18-47-48(39)42-13-3-6-17-46(42)56-47/h1-30H. The van der Waals surface area contributed by atoms with E-state index in [1.807, 2.05) is 83.8 Å². The first-order valence-electron chi connectivity index (χ1n) is 18.2. The number of para-hydroxylation sites is 2. The van der Waals surface area contributed by atoms with Crippen molar-refractivity contribution in [1.29, 1.82) is 0 Å². The van der Waals surface area contributed by atoms with E-state index < -0.39 is 11.7 Å². The molecule has 8 aromatic carbocycles. The van der Waals surface area contributed by atoms with Crippen molar-refractivity contribution in [3.05, 3.63) is 193 Å². The maximum absolute atomic E-state index is 14.7. The van der Waals surface area contributed by atoms with Gasteiger partial charge in [-0.25, -0.2) is 4.39 Å². The molecule has 0 aliphatic rings. The van der Waals surface area contributed by atoms with Crippen molar-refractivity contribution < 1.29 is 17.6 Å². The lowest BCUT2D eigenvalue weighted by Gasteiger charge is -2.27. The van der Waals surface area contributed by atoms with E-state index in [1.165, 1.54) is 38.4 Å². The van der Waals surface area contributed by atoms with Crippen molar-refractivity contribution in [2.45, 2.75) is 6.18 Å². The number of alkyl halides is 3. The number of rotatable bonds is 6. The minimum Gasteiger partial charge on any atom is -0.310 e. The SMILES string of the molecule is Fc1ccc2c3ccccc3n(-c3ccccc3-c3ccc(N(c4ccc(C(F)(F)F)cc4)c4cccc(-c5cccc6sc7ccccc7c56)c4)cc3)c2c1. The van der Waals surface area contributed by atoms with Crippen LogP contribution in [0.3, 0.4) is 0 Å². The zero-order valence-electron chi connectivity index (χ0n) is 29.6. The lowest BCUT2D eigenvalue weighted by atomic mass is 9.98. The summed E-state index contributed by atoms with van der Waals surface area (Å²) in [6.07, 6.45) is -4.46. The Morgan fingerprint density at radius 3 is 1.91 bits per heavy atom. The Balaban J connectivity index is 1.10. The van der Waals surface area contributed by atoms with Crippen molar-refractivity contribution >= 4 is 70.4 Å². The Morgan fingerprint density at radius 1 is 0.464 bits per heavy atom. The molecule has 0 atom stereocenters. The summed E-state index contributed by atoms with van der Waals surface area (Å²) < 4.78 is 60.4. The molecule has 0 saturated carbocycles. The smallest absolute Gasteiger partial charge is 0.310 e. The molecule has 0 unspecified atom stereocenters. The molecule has 0 amide bonds. The maximum Gasteiger partial charge on any atom is 0.416 e. The van der Waals surface area contributed by atoms with Gasteiger partial charge >= 0.3 is 6.18 Å². The largest absolute Gasteiger partial charge is 0.416 e. The Labute approximate surface area is 323 Å². The fourth-order valence-electron chi connectivity index (χ4n) is 7.98. The third kappa shape index (κ3) is 5.71. The highest BCUT2D eigenvalue weighted by molar-refractivity contribution is 7.25. The van der Waals surface area contributed by atoms with Gasteiger partial charge in [-0.2, -0.15) is 13.2 Å². The monoisotopic (exact) mass is 754 g/mol. The molecule has 0 saturated heterocycles. The number of anilines is 3. The lowest BCUT2D eigenvalue weighted by Crippen LogP contribution is -2.11. The minimum atomic E-state index is -4.46. The molecule has 10 aromatic rings. The van der Waals surface area contributed by atoms with Gasteiger partial charge in [-0.1, -0.05) is 91.0 Å². The number of hydrogen-bond donors (Lipinski definition) is 0. The number of benzene rings is 8. The van der Waals surface area contributed by atoms with Gasteiger partial charge in [0.1, 0.15) is 5.82 Å². The molecular formula is C49H30F4N2S. The number of hydrogen-bond acceptors (Lipinski definition) is 2. The van der Waals surface area contributed by atoms with Crippen LogP contribution in [0.4, 0.5) is 34.6 Å².